The zero-order chi connectivity index (χ0) is 13.8. The minimum Gasteiger partial charge on any atom is -0.508 e. The van der Waals surface area contributed by atoms with Crippen molar-refractivity contribution in [2.45, 2.75) is 26.4 Å². The van der Waals surface area contributed by atoms with E-state index in [1.54, 1.807) is 20.8 Å². The second-order valence-electron chi connectivity index (χ2n) is 4.63. The molecule has 1 aromatic carbocycles. The predicted octanol–water partition coefficient (Wildman–Crippen LogP) is 1.56. The van der Waals surface area contributed by atoms with Crippen molar-refractivity contribution < 1.29 is 19.4 Å². The number of phenolic OH excluding ortho intramolecular Hbond substituents is 1. The number of benzene rings is 1. The standard InChI is InChI=1S/C12H16N2O4/c1-12(2,3)18-11(17)14-13-10(16)8-4-6-9(15)7-5-8/h4-7,15H,1-3H3,(H,13,16)(H,14,17). The zero-order valence-corrected chi connectivity index (χ0v) is 10.5. The van der Waals surface area contributed by atoms with Crippen molar-refractivity contribution in [2.75, 3.05) is 0 Å². The molecule has 3 N–H and O–H groups in total. The molecule has 0 unspecified atom stereocenters. The Labute approximate surface area is 105 Å². The molecule has 0 saturated carbocycles. The third kappa shape index (κ3) is 4.73. The van der Waals surface area contributed by atoms with Gasteiger partial charge in [0, 0.05) is 5.56 Å². The number of amides is 2. The van der Waals surface area contributed by atoms with Crippen LogP contribution in [-0.2, 0) is 4.74 Å². The summed E-state index contributed by atoms with van der Waals surface area (Å²) < 4.78 is 4.94. The number of aromatic hydroxyl groups is 1. The highest BCUT2D eigenvalue weighted by Crippen LogP contribution is 2.09. The molecule has 0 heterocycles. The maximum Gasteiger partial charge on any atom is 0.426 e. The third-order valence-electron chi connectivity index (χ3n) is 1.81. The Hall–Kier alpha value is -2.24. The van der Waals surface area contributed by atoms with Crippen molar-refractivity contribution in [3.05, 3.63) is 29.8 Å². The molecule has 0 fully saturated rings. The van der Waals surface area contributed by atoms with Crippen LogP contribution in [0.25, 0.3) is 0 Å². The highest BCUT2D eigenvalue weighted by molar-refractivity contribution is 5.95. The van der Waals surface area contributed by atoms with Crippen LogP contribution in [0.2, 0.25) is 0 Å². The van der Waals surface area contributed by atoms with Gasteiger partial charge in [-0.3, -0.25) is 10.2 Å². The average molecular weight is 252 g/mol. The van der Waals surface area contributed by atoms with Crippen LogP contribution in [0, 0.1) is 0 Å². The van der Waals surface area contributed by atoms with Gasteiger partial charge in [-0.05, 0) is 45.0 Å². The lowest BCUT2D eigenvalue weighted by Crippen LogP contribution is -2.44. The Bertz CT molecular complexity index is 434. The quantitative estimate of drug-likeness (QED) is 0.662. The molecule has 18 heavy (non-hydrogen) atoms. The maximum atomic E-state index is 11.6. The molecule has 98 valence electrons. The van der Waals surface area contributed by atoms with Gasteiger partial charge in [-0.1, -0.05) is 0 Å². The first-order valence-electron chi connectivity index (χ1n) is 5.36. The number of nitrogens with one attached hydrogen (secondary N) is 2. The molecule has 0 radical (unpaired) electrons. The Morgan fingerprint density at radius 3 is 2.17 bits per heavy atom. The zero-order valence-electron chi connectivity index (χ0n) is 10.5. The largest absolute Gasteiger partial charge is 0.508 e. The first-order chi connectivity index (χ1) is 8.28. The first-order valence-corrected chi connectivity index (χ1v) is 5.36. The monoisotopic (exact) mass is 252 g/mol. The molecule has 1 aromatic rings. The summed E-state index contributed by atoms with van der Waals surface area (Å²) in [6, 6.07) is 5.62. The van der Waals surface area contributed by atoms with E-state index in [2.05, 4.69) is 10.9 Å². The van der Waals surface area contributed by atoms with E-state index in [0.29, 0.717) is 5.56 Å². The predicted molar refractivity (Wildman–Crippen MR) is 64.9 cm³/mol. The van der Waals surface area contributed by atoms with E-state index >= 15 is 0 Å². The summed E-state index contributed by atoms with van der Waals surface area (Å²) in [6.45, 7) is 5.15. The highest BCUT2D eigenvalue weighted by atomic mass is 16.6. The van der Waals surface area contributed by atoms with E-state index in [4.69, 9.17) is 9.84 Å². The van der Waals surface area contributed by atoms with Crippen molar-refractivity contribution in [3.8, 4) is 5.75 Å². The van der Waals surface area contributed by atoms with Crippen molar-refractivity contribution in [2.24, 2.45) is 0 Å². The summed E-state index contributed by atoms with van der Waals surface area (Å²) in [4.78, 5) is 22.8. The van der Waals surface area contributed by atoms with Gasteiger partial charge in [0.1, 0.15) is 11.4 Å². The fourth-order valence-electron chi connectivity index (χ4n) is 1.10. The van der Waals surface area contributed by atoms with Gasteiger partial charge in [-0.25, -0.2) is 10.2 Å². The fourth-order valence-corrected chi connectivity index (χ4v) is 1.10. The summed E-state index contributed by atoms with van der Waals surface area (Å²) in [5, 5.41) is 9.06. The average Bonchev–Trinajstić information content (AvgIpc) is 2.24. The summed E-state index contributed by atoms with van der Waals surface area (Å²) >= 11 is 0. The number of hydrazine groups is 1. The van der Waals surface area contributed by atoms with Crippen LogP contribution < -0.4 is 10.9 Å². The van der Waals surface area contributed by atoms with Crippen molar-refractivity contribution in [1.29, 1.82) is 0 Å². The van der Waals surface area contributed by atoms with Crippen LogP contribution in [0.15, 0.2) is 24.3 Å². The molecule has 6 heteroatoms. The third-order valence-corrected chi connectivity index (χ3v) is 1.81. The van der Waals surface area contributed by atoms with Gasteiger partial charge in [-0.2, -0.15) is 0 Å². The second kappa shape index (κ2) is 5.39. The molecule has 0 aliphatic heterocycles. The van der Waals surface area contributed by atoms with Crippen molar-refractivity contribution >= 4 is 12.0 Å². The van der Waals surface area contributed by atoms with Gasteiger partial charge >= 0.3 is 6.09 Å². The van der Waals surface area contributed by atoms with Crippen molar-refractivity contribution in [1.82, 2.24) is 10.9 Å². The molecular weight excluding hydrogens is 236 g/mol. The highest BCUT2D eigenvalue weighted by Gasteiger charge is 2.16. The SMILES string of the molecule is CC(C)(C)OC(=O)NNC(=O)c1ccc(O)cc1. The van der Waals surface area contributed by atoms with Crippen LogP contribution in [-0.4, -0.2) is 22.7 Å². The molecule has 0 saturated heterocycles. The number of ether oxygens (including phenoxy) is 1. The van der Waals surface area contributed by atoms with Gasteiger partial charge in [0.2, 0.25) is 0 Å². The van der Waals surface area contributed by atoms with E-state index in [9.17, 15) is 9.59 Å². The smallest absolute Gasteiger partial charge is 0.426 e. The van der Waals surface area contributed by atoms with Gasteiger partial charge in [0.05, 0.1) is 0 Å². The summed E-state index contributed by atoms with van der Waals surface area (Å²) in [5.41, 5.74) is 4.00. The van der Waals surface area contributed by atoms with E-state index < -0.39 is 17.6 Å². The van der Waals surface area contributed by atoms with Crippen LogP contribution >= 0.6 is 0 Å². The molecule has 0 bridgehead atoms. The number of carbonyl (C=O) groups excluding carboxylic acids is 2. The van der Waals surface area contributed by atoms with Gasteiger partial charge in [0.25, 0.3) is 5.91 Å². The molecule has 2 amide bonds. The first kappa shape index (κ1) is 13.8. The molecule has 0 aliphatic rings. The van der Waals surface area contributed by atoms with Crippen LogP contribution in [0.3, 0.4) is 0 Å². The Kier molecular flexibility index (Phi) is 4.14. The molecule has 6 nitrogen and oxygen atoms in total. The minimum atomic E-state index is -0.741. The number of phenols is 1. The van der Waals surface area contributed by atoms with Crippen molar-refractivity contribution in [3.63, 3.8) is 0 Å². The van der Waals surface area contributed by atoms with Crippen LogP contribution in [0.5, 0.6) is 5.75 Å². The molecule has 0 spiro atoms. The molecule has 0 aliphatic carbocycles. The van der Waals surface area contributed by atoms with Gasteiger partial charge in [-0.15, -0.1) is 0 Å². The van der Waals surface area contributed by atoms with Gasteiger partial charge in [0.15, 0.2) is 0 Å². The van der Waals surface area contributed by atoms with E-state index in [1.807, 2.05) is 0 Å². The normalized spacial score (nSPS) is 10.6. The van der Waals surface area contributed by atoms with E-state index in [1.165, 1.54) is 24.3 Å². The second-order valence-corrected chi connectivity index (χ2v) is 4.63. The Balaban J connectivity index is 2.47. The van der Waals surface area contributed by atoms with Gasteiger partial charge < -0.3 is 9.84 Å². The number of carbonyl (C=O) groups is 2. The molecule has 0 atom stereocenters. The van der Waals surface area contributed by atoms with Crippen LogP contribution in [0.1, 0.15) is 31.1 Å². The fraction of sp³-hybridized carbons (Fsp3) is 0.333. The molecule has 1 rings (SSSR count). The lowest BCUT2D eigenvalue weighted by atomic mass is 10.2. The lowest BCUT2D eigenvalue weighted by molar-refractivity contribution is 0.0483. The number of rotatable bonds is 1. The number of hydrogen-bond donors (Lipinski definition) is 3. The van der Waals surface area contributed by atoms with Crippen LogP contribution in [0.4, 0.5) is 4.79 Å². The number of hydrogen-bond acceptors (Lipinski definition) is 4. The summed E-state index contributed by atoms with van der Waals surface area (Å²) in [5.74, 6) is -0.437. The Morgan fingerprint density at radius 2 is 1.67 bits per heavy atom. The van der Waals surface area contributed by atoms with E-state index in [-0.39, 0.29) is 5.75 Å². The summed E-state index contributed by atoms with van der Waals surface area (Å²) in [7, 11) is 0. The maximum absolute atomic E-state index is 11.6. The Morgan fingerprint density at radius 1 is 1.11 bits per heavy atom. The minimum absolute atomic E-state index is 0.0617. The molecule has 0 aromatic heterocycles. The topological polar surface area (TPSA) is 87.7 Å². The van der Waals surface area contributed by atoms with E-state index in [0.717, 1.165) is 0 Å². The summed E-state index contributed by atoms with van der Waals surface area (Å²) in [6.07, 6.45) is -0.741. The lowest BCUT2D eigenvalue weighted by Gasteiger charge is -2.19. The molecular formula is C12H16N2O4.